The minimum absolute atomic E-state index is 0.268. The molecule has 0 aliphatic carbocycles. The Morgan fingerprint density at radius 3 is 2.50 bits per heavy atom. The summed E-state index contributed by atoms with van der Waals surface area (Å²) in [5, 5.41) is 1.71. The molecule has 9 heteroatoms. The first kappa shape index (κ1) is 18.7. The van der Waals surface area contributed by atoms with Crippen LogP contribution in [0.3, 0.4) is 0 Å². The molecular weight excluding hydrogens is 424 g/mol. The van der Waals surface area contributed by atoms with Crippen molar-refractivity contribution in [1.29, 1.82) is 0 Å². The van der Waals surface area contributed by atoms with Crippen molar-refractivity contribution in [2.45, 2.75) is 13.1 Å². The number of nitrogens with zero attached hydrogens (tertiary/aromatic N) is 2. The standard InChI is InChI=1S/C17H17BrN2O5S/c1-24-16-8-11(17(21)25-2)4-6-15(16)20(26(22)23)19-9-12-3-5-14(18)7-13(12)10-19/h3-8,26H,9-10H2,1-2H3. The van der Waals surface area contributed by atoms with Crippen molar-refractivity contribution >= 4 is 38.5 Å². The van der Waals surface area contributed by atoms with E-state index in [1.54, 1.807) is 5.01 Å². The van der Waals surface area contributed by atoms with E-state index in [-0.39, 0.29) is 11.3 Å². The van der Waals surface area contributed by atoms with Gasteiger partial charge in [-0.3, -0.25) is 0 Å². The summed E-state index contributed by atoms with van der Waals surface area (Å²) in [6.07, 6.45) is 0. The average Bonchev–Trinajstić information content (AvgIpc) is 3.03. The minimum Gasteiger partial charge on any atom is -0.494 e. The van der Waals surface area contributed by atoms with Crippen LogP contribution in [0.5, 0.6) is 5.75 Å². The molecule has 0 unspecified atom stereocenters. The maximum absolute atomic E-state index is 12.0. The highest BCUT2D eigenvalue weighted by Gasteiger charge is 2.28. The Morgan fingerprint density at radius 1 is 1.12 bits per heavy atom. The number of esters is 1. The molecule has 1 aliphatic rings. The lowest BCUT2D eigenvalue weighted by Crippen LogP contribution is -2.38. The van der Waals surface area contributed by atoms with Gasteiger partial charge in [0.25, 0.3) is 0 Å². The van der Waals surface area contributed by atoms with Gasteiger partial charge in [-0.1, -0.05) is 22.0 Å². The number of hydrazine groups is 1. The van der Waals surface area contributed by atoms with E-state index in [4.69, 9.17) is 9.47 Å². The quantitative estimate of drug-likeness (QED) is 0.568. The van der Waals surface area contributed by atoms with Crippen LogP contribution in [0.2, 0.25) is 0 Å². The predicted octanol–water partition coefficient (Wildman–Crippen LogP) is 2.51. The highest BCUT2D eigenvalue weighted by atomic mass is 79.9. The highest BCUT2D eigenvalue weighted by Crippen LogP contribution is 2.35. The van der Waals surface area contributed by atoms with Crippen LogP contribution >= 0.6 is 15.9 Å². The fraction of sp³-hybridized carbons (Fsp3) is 0.235. The number of hydrogen-bond donors (Lipinski definition) is 1. The molecule has 0 fully saturated rings. The smallest absolute Gasteiger partial charge is 0.337 e. The van der Waals surface area contributed by atoms with E-state index in [0.717, 1.165) is 15.6 Å². The van der Waals surface area contributed by atoms with Gasteiger partial charge in [0.2, 0.25) is 10.9 Å². The number of halogens is 1. The zero-order valence-electron chi connectivity index (χ0n) is 14.1. The number of fused-ring (bicyclic) bond motifs is 1. The molecule has 1 aliphatic heterocycles. The Morgan fingerprint density at radius 2 is 1.85 bits per heavy atom. The van der Waals surface area contributed by atoms with Gasteiger partial charge in [-0.2, -0.15) is 9.42 Å². The Kier molecular flexibility index (Phi) is 5.49. The number of thiol groups is 1. The molecule has 0 saturated heterocycles. The molecule has 138 valence electrons. The molecule has 0 atom stereocenters. The number of rotatable bonds is 5. The first-order valence-corrected chi connectivity index (χ1v) is 9.60. The lowest BCUT2D eigenvalue weighted by Gasteiger charge is -2.28. The zero-order valence-corrected chi connectivity index (χ0v) is 16.6. The van der Waals surface area contributed by atoms with Crippen LogP contribution < -0.4 is 9.15 Å². The third-order valence-corrected chi connectivity index (χ3v) is 5.38. The summed E-state index contributed by atoms with van der Waals surface area (Å²) in [4.78, 5) is 11.7. The molecule has 0 spiro atoms. The van der Waals surface area contributed by atoms with E-state index in [9.17, 15) is 13.2 Å². The number of anilines is 1. The zero-order chi connectivity index (χ0) is 18.8. The summed E-state index contributed by atoms with van der Waals surface area (Å²) >= 11 is 3.43. The molecule has 0 saturated carbocycles. The molecule has 0 amide bonds. The largest absolute Gasteiger partial charge is 0.494 e. The van der Waals surface area contributed by atoms with Crippen molar-refractivity contribution < 1.29 is 22.7 Å². The van der Waals surface area contributed by atoms with Gasteiger partial charge in [0.05, 0.1) is 19.8 Å². The Balaban J connectivity index is 1.98. The maximum Gasteiger partial charge on any atom is 0.337 e. The minimum atomic E-state index is -2.96. The van der Waals surface area contributed by atoms with Crippen molar-refractivity contribution in [3.8, 4) is 5.75 Å². The Labute approximate surface area is 161 Å². The van der Waals surface area contributed by atoms with Crippen molar-refractivity contribution in [2.75, 3.05) is 18.6 Å². The Hall–Kier alpha value is -2.10. The number of methoxy groups -OCH3 is 2. The summed E-state index contributed by atoms with van der Waals surface area (Å²) < 4.78 is 36.2. The van der Waals surface area contributed by atoms with E-state index < -0.39 is 16.9 Å². The van der Waals surface area contributed by atoms with Crippen LogP contribution in [0.1, 0.15) is 21.5 Å². The van der Waals surface area contributed by atoms with Crippen molar-refractivity contribution in [1.82, 2.24) is 5.01 Å². The van der Waals surface area contributed by atoms with Gasteiger partial charge < -0.3 is 9.47 Å². The van der Waals surface area contributed by atoms with Gasteiger partial charge in [0, 0.05) is 17.6 Å². The molecule has 3 rings (SSSR count). The molecule has 2 aromatic carbocycles. The lowest BCUT2D eigenvalue weighted by molar-refractivity contribution is 0.0600. The second-order valence-electron chi connectivity index (χ2n) is 5.64. The predicted molar refractivity (Wildman–Crippen MR) is 101 cm³/mol. The van der Waals surface area contributed by atoms with Crippen molar-refractivity contribution in [3.63, 3.8) is 0 Å². The number of ether oxygens (including phenoxy) is 2. The topological polar surface area (TPSA) is 76.2 Å². The Bertz CT molecular complexity index is 923. The van der Waals surface area contributed by atoms with Crippen LogP contribution in [0.4, 0.5) is 5.69 Å². The van der Waals surface area contributed by atoms with Crippen molar-refractivity contribution in [3.05, 3.63) is 57.6 Å². The van der Waals surface area contributed by atoms with Crippen LogP contribution in [-0.2, 0) is 28.7 Å². The summed E-state index contributed by atoms with van der Waals surface area (Å²) in [5.74, 6) is -0.254. The highest BCUT2D eigenvalue weighted by molar-refractivity contribution is 9.10. The molecule has 7 nitrogen and oxygen atoms in total. The van der Waals surface area contributed by atoms with E-state index >= 15 is 0 Å². The average molecular weight is 441 g/mol. The molecular formula is C17H17BrN2O5S. The number of hydrogen-bond acceptors (Lipinski definition) is 6. The SMILES string of the molecule is COC(=O)c1ccc(N(N2Cc3ccc(Br)cc3C2)[SH](=O)=O)c(OC)c1. The van der Waals surface area contributed by atoms with Gasteiger partial charge in [-0.05, 0) is 41.5 Å². The lowest BCUT2D eigenvalue weighted by atomic mass is 10.1. The third kappa shape index (κ3) is 3.55. The number of benzene rings is 2. The number of carbonyl (C=O) groups excluding carboxylic acids is 1. The van der Waals surface area contributed by atoms with E-state index in [2.05, 4.69) is 15.9 Å². The maximum atomic E-state index is 12.0. The summed E-state index contributed by atoms with van der Waals surface area (Å²) in [6, 6.07) is 10.4. The van der Waals surface area contributed by atoms with Gasteiger partial charge in [-0.15, -0.1) is 0 Å². The summed E-state index contributed by atoms with van der Waals surface area (Å²) in [5.41, 5.74) is 2.72. The molecule has 0 aromatic heterocycles. The van der Waals surface area contributed by atoms with Crippen LogP contribution in [0.25, 0.3) is 0 Å². The first-order valence-electron chi connectivity index (χ1n) is 7.67. The summed E-state index contributed by atoms with van der Waals surface area (Å²) in [6.45, 7) is 0.897. The van der Waals surface area contributed by atoms with E-state index in [1.807, 2.05) is 18.2 Å². The molecule has 26 heavy (non-hydrogen) atoms. The second kappa shape index (κ2) is 7.65. The second-order valence-corrected chi connectivity index (χ2v) is 7.41. The third-order valence-electron chi connectivity index (χ3n) is 4.11. The summed E-state index contributed by atoms with van der Waals surface area (Å²) in [7, 11) is -0.257. The van der Waals surface area contributed by atoms with Gasteiger partial charge >= 0.3 is 5.97 Å². The molecule has 2 aromatic rings. The number of carbonyl (C=O) groups is 1. The van der Waals surface area contributed by atoms with E-state index in [1.165, 1.54) is 36.8 Å². The first-order chi connectivity index (χ1) is 12.4. The fourth-order valence-corrected chi connectivity index (χ4v) is 3.99. The van der Waals surface area contributed by atoms with E-state index in [0.29, 0.717) is 18.8 Å². The monoisotopic (exact) mass is 440 g/mol. The fourth-order valence-electron chi connectivity index (χ4n) is 2.91. The van der Waals surface area contributed by atoms with Crippen LogP contribution in [0.15, 0.2) is 40.9 Å². The molecule has 0 bridgehead atoms. The van der Waals surface area contributed by atoms with Crippen LogP contribution in [-0.4, -0.2) is 33.6 Å². The molecule has 0 N–H and O–H groups in total. The van der Waals surface area contributed by atoms with Gasteiger partial charge in [0.1, 0.15) is 11.4 Å². The van der Waals surface area contributed by atoms with Gasteiger partial charge in [0.15, 0.2) is 0 Å². The molecule has 0 radical (unpaired) electrons. The molecule has 1 heterocycles. The normalized spacial score (nSPS) is 13.5. The van der Waals surface area contributed by atoms with Crippen LogP contribution in [0, 0.1) is 0 Å². The van der Waals surface area contributed by atoms with Crippen molar-refractivity contribution in [2.24, 2.45) is 0 Å². The van der Waals surface area contributed by atoms with Gasteiger partial charge in [-0.25, -0.2) is 13.2 Å².